The minimum atomic E-state index is -0.0889. The maximum absolute atomic E-state index is 9.22. The van der Waals surface area contributed by atoms with Crippen molar-refractivity contribution in [2.75, 3.05) is 0 Å². The molecule has 0 heterocycles. The third-order valence-electron chi connectivity index (χ3n) is 3.43. The molecule has 0 N–H and O–H groups in total. The molecule has 1 aromatic rings. The molecule has 1 nitrogen and oxygen atoms in total. The highest BCUT2D eigenvalue weighted by Gasteiger charge is 2.32. The average Bonchev–Trinajstić information content (AvgIpc) is 2.28. The van der Waals surface area contributed by atoms with Crippen LogP contribution in [0.4, 0.5) is 0 Å². The van der Waals surface area contributed by atoms with Crippen LogP contribution in [0.1, 0.15) is 30.9 Å². The Labute approximate surface area is 85.4 Å². The van der Waals surface area contributed by atoms with Gasteiger partial charge in [-0.1, -0.05) is 31.2 Å². The molecule has 0 radical (unpaired) electrons. The molecule has 72 valence electrons. The van der Waals surface area contributed by atoms with Gasteiger partial charge in [-0.25, -0.2) is 0 Å². The first kappa shape index (κ1) is 9.27. The number of benzene rings is 1. The minimum absolute atomic E-state index is 0.0889. The zero-order valence-corrected chi connectivity index (χ0v) is 8.59. The van der Waals surface area contributed by atoms with Gasteiger partial charge < -0.3 is 0 Å². The van der Waals surface area contributed by atoms with Crippen LogP contribution in [0.3, 0.4) is 0 Å². The van der Waals surface area contributed by atoms with Gasteiger partial charge in [0.2, 0.25) is 0 Å². The standard InChI is InChI=1S/C13H15N/c1-2-13(10-14)8-7-11-5-3-4-6-12(11)9-13/h3-6H,2,7-9H2,1H3. The largest absolute Gasteiger partial charge is 0.198 e. The average molecular weight is 185 g/mol. The zero-order valence-electron chi connectivity index (χ0n) is 8.59. The molecule has 0 spiro atoms. The van der Waals surface area contributed by atoms with Gasteiger partial charge in [-0.3, -0.25) is 0 Å². The topological polar surface area (TPSA) is 23.8 Å². The minimum Gasteiger partial charge on any atom is -0.198 e. The quantitative estimate of drug-likeness (QED) is 0.659. The van der Waals surface area contributed by atoms with Crippen LogP contribution < -0.4 is 0 Å². The highest BCUT2D eigenvalue weighted by atomic mass is 14.4. The van der Waals surface area contributed by atoms with Gasteiger partial charge in [-0.15, -0.1) is 0 Å². The zero-order chi connectivity index (χ0) is 10.0. The Kier molecular flexibility index (Phi) is 2.29. The van der Waals surface area contributed by atoms with E-state index in [1.54, 1.807) is 0 Å². The molecule has 0 fully saturated rings. The molecule has 14 heavy (non-hydrogen) atoms. The summed E-state index contributed by atoms with van der Waals surface area (Å²) in [7, 11) is 0. The molecule has 0 bridgehead atoms. The molecule has 1 atom stereocenters. The number of nitrogens with zero attached hydrogens (tertiary/aromatic N) is 1. The molecule has 0 amide bonds. The summed E-state index contributed by atoms with van der Waals surface area (Å²) < 4.78 is 0. The van der Waals surface area contributed by atoms with Gasteiger partial charge in [0.1, 0.15) is 0 Å². The molecule has 1 aromatic carbocycles. The van der Waals surface area contributed by atoms with Gasteiger partial charge in [0.25, 0.3) is 0 Å². The first-order valence-electron chi connectivity index (χ1n) is 5.28. The van der Waals surface area contributed by atoms with E-state index in [2.05, 4.69) is 37.3 Å². The van der Waals surface area contributed by atoms with Crippen molar-refractivity contribution in [2.24, 2.45) is 5.41 Å². The van der Waals surface area contributed by atoms with Crippen molar-refractivity contribution in [3.8, 4) is 6.07 Å². The smallest absolute Gasteiger partial charge is 0.0693 e. The van der Waals surface area contributed by atoms with Crippen LogP contribution in [0, 0.1) is 16.7 Å². The molecule has 1 unspecified atom stereocenters. The number of hydrogen-bond acceptors (Lipinski definition) is 1. The van der Waals surface area contributed by atoms with Crippen LogP contribution in [0.15, 0.2) is 24.3 Å². The number of hydrogen-bond donors (Lipinski definition) is 0. The highest BCUT2D eigenvalue weighted by molar-refractivity contribution is 5.32. The van der Waals surface area contributed by atoms with Crippen LogP contribution in [0.5, 0.6) is 0 Å². The Bertz CT molecular complexity index is 375. The predicted molar refractivity (Wildman–Crippen MR) is 56.8 cm³/mol. The van der Waals surface area contributed by atoms with Crippen molar-refractivity contribution < 1.29 is 0 Å². The maximum atomic E-state index is 9.22. The molecule has 0 aromatic heterocycles. The van der Waals surface area contributed by atoms with Gasteiger partial charge in [0, 0.05) is 0 Å². The van der Waals surface area contributed by atoms with Crippen LogP contribution >= 0.6 is 0 Å². The fourth-order valence-electron chi connectivity index (χ4n) is 2.28. The Morgan fingerprint density at radius 3 is 2.71 bits per heavy atom. The van der Waals surface area contributed by atoms with E-state index in [1.807, 2.05) is 0 Å². The van der Waals surface area contributed by atoms with E-state index in [9.17, 15) is 5.26 Å². The van der Waals surface area contributed by atoms with Crippen molar-refractivity contribution >= 4 is 0 Å². The van der Waals surface area contributed by atoms with Crippen molar-refractivity contribution in [1.82, 2.24) is 0 Å². The fraction of sp³-hybridized carbons (Fsp3) is 0.462. The summed E-state index contributed by atoms with van der Waals surface area (Å²) in [5, 5.41) is 9.22. The maximum Gasteiger partial charge on any atom is 0.0693 e. The second kappa shape index (κ2) is 3.46. The summed E-state index contributed by atoms with van der Waals surface area (Å²) in [6.07, 6.45) is 4.00. The Morgan fingerprint density at radius 2 is 2.07 bits per heavy atom. The van der Waals surface area contributed by atoms with Crippen LogP contribution in [-0.2, 0) is 12.8 Å². The number of rotatable bonds is 1. The SMILES string of the molecule is CCC1(C#N)CCc2ccccc2C1. The molecule has 1 aliphatic rings. The van der Waals surface area contributed by atoms with Gasteiger partial charge in [0.15, 0.2) is 0 Å². The number of fused-ring (bicyclic) bond motifs is 1. The van der Waals surface area contributed by atoms with Crippen molar-refractivity contribution in [1.29, 1.82) is 5.26 Å². The summed E-state index contributed by atoms with van der Waals surface area (Å²) in [6.45, 7) is 2.12. The molecule has 1 aliphatic carbocycles. The summed E-state index contributed by atoms with van der Waals surface area (Å²) >= 11 is 0. The molecule has 2 rings (SSSR count). The molecular formula is C13H15N. The number of aryl methyl sites for hydroxylation is 1. The molecular weight excluding hydrogens is 170 g/mol. The molecule has 1 heteroatoms. The Balaban J connectivity index is 2.34. The van der Waals surface area contributed by atoms with Gasteiger partial charge >= 0.3 is 0 Å². The van der Waals surface area contributed by atoms with Crippen molar-refractivity contribution in [3.63, 3.8) is 0 Å². The summed E-state index contributed by atoms with van der Waals surface area (Å²) in [6, 6.07) is 11.0. The van der Waals surface area contributed by atoms with Gasteiger partial charge in [-0.05, 0) is 36.8 Å². The summed E-state index contributed by atoms with van der Waals surface area (Å²) in [5.74, 6) is 0. The predicted octanol–water partition coefficient (Wildman–Crippen LogP) is 3.10. The first-order chi connectivity index (χ1) is 6.79. The van der Waals surface area contributed by atoms with E-state index in [0.29, 0.717) is 0 Å². The second-order valence-electron chi connectivity index (χ2n) is 4.19. The van der Waals surface area contributed by atoms with Crippen LogP contribution in [0.2, 0.25) is 0 Å². The van der Waals surface area contributed by atoms with Crippen LogP contribution in [0.25, 0.3) is 0 Å². The molecule has 0 aliphatic heterocycles. The fourth-order valence-corrected chi connectivity index (χ4v) is 2.28. The molecule has 0 saturated heterocycles. The third-order valence-corrected chi connectivity index (χ3v) is 3.43. The Hall–Kier alpha value is -1.29. The third kappa shape index (κ3) is 1.42. The van der Waals surface area contributed by atoms with E-state index in [0.717, 1.165) is 25.7 Å². The first-order valence-corrected chi connectivity index (χ1v) is 5.28. The summed E-state index contributed by atoms with van der Waals surface area (Å²) in [5.41, 5.74) is 2.72. The van der Waals surface area contributed by atoms with E-state index in [1.165, 1.54) is 11.1 Å². The van der Waals surface area contributed by atoms with Crippen molar-refractivity contribution in [2.45, 2.75) is 32.6 Å². The lowest BCUT2D eigenvalue weighted by molar-refractivity contribution is 0.330. The van der Waals surface area contributed by atoms with Gasteiger partial charge in [-0.2, -0.15) is 5.26 Å². The monoisotopic (exact) mass is 185 g/mol. The van der Waals surface area contributed by atoms with Crippen LogP contribution in [-0.4, -0.2) is 0 Å². The van der Waals surface area contributed by atoms with E-state index in [-0.39, 0.29) is 5.41 Å². The lowest BCUT2D eigenvalue weighted by atomic mass is 9.71. The van der Waals surface area contributed by atoms with E-state index in [4.69, 9.17) is 0 Å². The van der Waals surface area contributed by atoms with E-state index < -0.39 is 0 Å². The van der Waals surface area contributed by atoms with E-state index >= 15 is 0 Å². The summed E-state index contributed by atoms with van der Waals surface area (Å²) in [4.78, 5) is 0. The molecule has 0 saturated carbocycles. The van der Waals surface area contributed by atoms with Crippen molar-refractivity contribution in [3.05, 3.63) is 35.4 Å². The normalized spacial score (nSPS) is 25.1. The Morgan fingerprint density at radius 1 is 1.36 bits per heavy atom. The number of nitriles is 1. The lowest BCUT2D eigenvalue weighted by Gasteiger charge is -2.31. The lowest BCUT2D eigenvalue weighted by Crippen LogP contribution is -2.26. The van der Waals surface area contributed by atoms with Gasteiger partial charge in [0.05, 0.1) is 11.5 Å². The highest BCUT2D eigenvalue weighted by Crippen LogP contribution is 2.37. The second-order valence-corrected chi connectivity index (χ2v) is 4.19.